The topological polar surface area (TPSA) is 87.0 Å². The van der Waals surface area contributed by atoms with Crippen LogP contribution < -0.4 is 25.2 Å². The van der Waals surface area contributed by atoms with Gasteiger partial charge in [0.1, 0.15) is 16.5 Å². The van der Waals surface area contributed by atoms with Crippen LogP contribution in [0.25, 0.3) is 5.69 Å². The van der Waals surface area contributed by atoms with Crippen molar-refractivity contribution in [3.8, 4) is 22.9 Å². The van der Waals surface area contributed by atoms with Crippen molar-refractivity contribution in [2.24, 2.45) is 5.10 Å². The predicted molar refractivity (Wildman–Crippen MR) is 121 cm³/mol. The van der Waals surface area contributed by atoms with Crippen molar-refractivity contribution in [3.63, 3.8) is 0 Å². The fourth-order valence-electron chi connectivity index (χ4n) is 2.71. The van der Waals surface area contributed by atoms with Crippen LogP contribution in [-0.2, 0) is 0 Å². The summed E-state index contributed by atoms with van der Waals surface area (Å²) in [6.07, 6.45) is 3.02. The number of ether oxygens (including phenoxy) is 3. The van der Waals surface area contributed by atoms with Gasteiger partial charge in [0.05, 0.1) is 38.4 Å². The van der Waals surface area contributed by atoms with E-state index in [2.05, 4.69) is 15.6 Å². The van der Waals surface area contributed by atoms with E-state index in [1.165, 1.54) is 10.9 Å². The number of halogens is 1. The number of anilines is 1. The predicted octanol–water partition coefficient (Wildman–Crippen LogP) is 4.14. The zero-order chi connectivity index (χ0) is 22.4. The molecule has 0 unspecified atom stereocenters. The molecule has 9 heteroatoms. The lowest BCUT2D eigenvalue weighted by Gasteiger charge is -2.13. The van der Waals surface area contributed by atoms with Gasteiger partial charge < -0.3 is 14.2 Å². The molecule has 3 aromatic rings. The molecular formula is C22H23ClN4O4. The zero-order valence-electron chi connectivity index (χ0n) is 17.6. The molecule has 162 valence electrons. The van der Waals surface area contributed by atoms with Crippen LogP contribution in [0.3, 0.4) is 0 Å². The number of hydrazone groups is 1. The Morgan fingerprint density at radius 1 is 1.10 bits per heavy atom. The molecule has 0 radical (unpaired) electrons. The van der Waals surface area contributed by atoms with Crippen LogP contribution in [-0.4, -0.2) is 36.3 Å². The van der Waals surface area contributed by atoms with Crippen molar-refractivity contribution in [1.29, 1.82) is 0 Å². The molecule has 0 spiro atoms. The Hall–Kier alpha value is -3.52. The summed E-state index contributed by atoms with van der Waals surface area (Å²) < 4.78 is 17.4. The molecule has 1 aromatic heterocycles. The summed E-state index contributed by atoms with van der Waals surface area (Å²) in [7, 11) is 3.16. The minimum absolute atomic E-state index is 0.00119. The van der Waals surface area contributed by atoms with Gasteiger partial charge in [0.2, 0.25) is 0 Å². The number of hydrogen-bond donors (Lipinski definition) is 1. The van der Waals surface area contributed by atoms with Crippen LogP contribution in [0.4, 0.5) is 5.69 Å². The first kappa shape index (κ1) is 22.2. The molecule has 0 bridgehead atoms. The van der Waals surface area contributed by atoms with Gasteiger partial charge in [0.25, 0.3) is 5.56 Å². The maximum atomic E-state index is 12.6. The second kappa shape index (κ2) is 9.99. The molecule has 3 rings (SSSR count). The second-order valence-electron chi connectivity index (χ2n) is 6.73. The van der Waals surface area contributed by atoms with E-state index in [4.69, 9.17) is 25.8 Å². The molecule has 0 saturated heterocycles. The number of hydrogen-bond acceptors (Lipinski definition) is 7. The minimum atomic E-state index is -0.468. The monoisotopic (exact) mass is 442 g/mol. The summed E-state index contributed by atoms with van der Waals surface area (Å²) in [4.78, 5) is 12.6. The Labute approximate surface area is 185 Å². The van der Waals surface area contributed by atoms with Gasteiger partial charge in [-0.3, -0.25) is 10.2 Å². The molecule has 8 nitrogen and oxygen atoms in total. The number of benzene rings is 2. The van der Waals surface area contributed by atoms with Crippen molar-refractivity contribution in [2.45, 2.75) is 20.0 Å². The number of methoxy groups -OCH3 is 2. The van der Waals surface area contributed by atoms with E-state index in [1.807, 2.05) is 26.0 Å². The molecule has 0 aliphatic heterocycles. The van der Waals surface area contributed by atoms with Gasteiger partial charge in [-0.25, -0.2) is 0 Å². The lowest BCUT2D eigenvalue weighted by molar-refractivity contribution is 0.230. The average molecular weight is 443 g/mol. The van der Waals surface area contributed by atoms with E-state index >= 15 is 0 Å². The quantitative estimate of drug-likeness (QED) is 0.417. The fraction of sp³-hybridized carbons (Fsp3) is 0.227. The van der Waals surface area contributed by atoms with Crippen LogP contribution in [0.1, 0.15) is 19.4 Å². The highest BCUT2D eigenvalue weighted by Crippen LogP contribution is 2.28. The van der Waals surface area contributed by atoms with E-state index < -0.39 is 5.56 Å². The van der Waals surface area contributed by atoms with Crippen molar-refractivity contribution < 1.29 is 14.2 Å². The highest BCUT2D eigenvalue weighted by Gasteiger charge is 2.11. The summed E-state index contributed by atoms with van der Waals surface area (Å²) in [5, 5.41) is 8.29. The smallest absolute Gasteiger partial charge is 0.292 e. The molecule has 1 heterocycles. The Kier molecular flexibility index (Phi) is 7.15. The van der Waals surface area contributed by atoms with E-state index in [-0.39, 0.29) is 11.1 Å². The first-order valence-electron chi connectivity index (χ1n) is 9.49. The van der Waals surface area contributed by atoms with Crippen LogP contribution in [0.2, 0.25) is 5.02 Å². The van der Waals surface area contributed by atoms with Crippen LogP contribution >= 0.6 is 11.6 Å². The van der Waals surface area contributed by atoms with Crippen LogP contribution in [0.5, 0.6) is 17.2 Å². The molecule has 31 heavy (non-hydrogen) atoms. The maximum Gasteiger partial charge on any atom is 0.292 e. The zero-order valence-corrected chi connectivity index (χ0v) is 18.4. The van der Waals surface area contributed by atoms with Crippen LogP contribution in [0, 0.1) is 0 Å². The standard InChI is InChI=1S/C22H23ClN4O4/c1-14(2)31-20-11-15(5-10-19(20)30-4)12-24-26-18-13-25-27(22(28)21(18)23)16-6-8-17(29-3)9-7-16/h5-14,26H,1-4H3/b24-12-. The number of nitrogens with one attached hydrogen (secondary N) is 1. The minimum Gasteiger partial charge on any atom is -0.497 e. The average Bonchev–Trinajstić information content (AvgIpc) is 2.77. The van der Waals surface area contributed by atoms with E-state index in [0.29, 0.717) is 28.6 Å². The summed E-state index contributed by atoms with van der Waals surface area (Å²) in [5.74, 6) is 1.92. The Morgan fingerprint density at radius 2 is 1.84 bits per heavy atom. The van der Waals surface area contributed by atoms with E-state index in [9.17, 15) is 4.79 Å². The van der Waals surface area contributed by atoms with E-state index in [1.54, 1.807) is 50.8 Å². The van der Waals surface area contributed by atoms with Crippen molar-refractivity contribution in [1.82, 2.24) is 9.78 Å². The van der Waals surface area contributed by atoms with Gasteiger partial charge in [-0.2, -0.15) is 14.9 Å². The van der Waals surface area contributed by atoms with Gasteiger partial charge >= 0.3 is 0 Å². The first-order valence-corrected chi connectivity index (χ1v) is 9.86. The normalized spacial score (nSPS) is 11.0. The molecule has 0 fully saturated rings. The SMILES string of the molecule is COc1ccc(-n2ncc(N/N=C\c3ccc(OC)c(OC(C)C)c3)c(Cl)c2=O)cc1. The molecule has 2 aromatic carbocycles. The van der Waals surface area contributed by atoms with E-state index in [0.717, 1.165) is 5.56 Å². The van der Waals surface area contributed by atoms with Crippen molar-refractivity contribution >= 4 is 23.5 Å². The molecule has 0 aliphatic rings. The van der Waals surface area contributed by atoms with Gasteiger partial charge in [-0.05, 0) is 61.9 Å². The Balaban J connectivity index is 1.78. The molecular weight excluding hydrogens is 420 g/mol. The summed E-state index contributed by atoms with van der Waals surface area (Å²) in [6.45, 7) is 3.87. The third-order valence-corrected chi connectivity index (χ3v) is 4.55. The lowest BCUT2D eigenvalue weighted by Crippen LogP contribution is -2.22. The molecule has 0 aliphatic carbocycles. The largest absolute Gasteiger partial charge is 0.497 e. The summed E-state index contributed by atoms with van der Waals surface area (Å²) in [6, 6.07) is 12.3. The second-order valence-corrected chi connectivity index (χ2v) is 7.11. The van der Waals surface area contributed by atoms with Crippen molar-refractivity contribution in [2.75, 3.05) is 19.6 Å². The summed E-state index contributed by atoms with van der Waals surface area (Å²) >= 11 is 6.24. The first-order chi connectivity index (χ1) is 14.9. The Morgan fingerprint density at radius 3 is 2.48 bits per heavy atom. The number of aromatic nitrogens is 2. The molecule has 0 atom stereocenters. The van der Waals surface area contributed by atoms with Gasteiger partial charge in [0, 0.05) is 0 Å². The van der Waals surface area contributed by atoms with Gasteiger partial charge in [0.15, 0.2) is 11.5 Å². The molecule has 0 saturated carbocycles. The number of nitrogens with zero attached hydrogens (tertiary/aromatic N) is 3. The van der Waals surface area contributed by atoms with Gasteiger partial charge in [-0.1, -0.05) is 11.6 Å². The molecule has 0 amide bonds. The lowest BCUT2D eigenvalue weighted by atomic mass is 10.2. The Bertz CT molecular complexity index is 1130. The van der Waals surface area contributed by atoms with Gasteiger partial charge in [-0.15, -0.1) is 0 Å². The maximum absolute atomic E-state index is 12.6. The van der Waals surface area contributed by atoms with Crippen molar-refractivity contribution in [3.05, 3.63) is 69.6 Å². The highest BCUT2D eigenvalue weighted by atomic mass is 35.5. The third-order valence-electron chi connectivity index (χ3n) is 4.18. The third kappa shape index (κ3) is 5.35. The molecule has 1 N–H and O–H groups in total. The highest BCUT2D eigenvalue weighted by molar-refractivity contribution is 6.32. The number of rotatable bonds is 8. The van der Waals surface area contributed by atoms with Crippen LogP contribution in [0.15, 0.2) is 58.6 Å². The fourth-order valence-corrected chi connectivity index (χ4v) is 2.89. The summed E-state index contributed by atoms with van der Waals surface area (Å²) in [5.41, 5.74) is 3.93.